The highest BCUT2D eigenvalue weighted by molar-refractivity contribution is 5.67. The third-order valence-corrected chi connectivity index (χ3v) is 3.14. The molecule has 0 aliphatic rings. The first-order valence-corrected chi connectivity index (χ1v) is 7.17. The van der Waals surface area contributed by atoms with E-state index >= 15 is 0 Å². The van der Waals surface area contributed by atoms with Gasteiger partial charge in [0, 0.05) is 25.2 Å². The van der Waals surface area contributed by atoms with Crippen molar-refractivity contribution >= 4 is 6.09 Å². The van der Waals surface area contributed by atoms with Crippen molar-refractivity contribution in [3.63, 3.8) is 0 Å². The van der Waals surface area contributed by atoms with E-state index in [1.165, 1.54) is 0 Å². The Morgan fingerprint density at radius 3 is 2.32 bits per heavy atom. The summed E-state index contributed by atoms with van der Waals surface area (Å²) in [5.74, 6) is 0. The minimum Gasteiger partial charge on any atom is -0.444 e. The third kappa shape index (κ3) is 7.38. The van der Waals surface area contributed by atoms with E-state index in [0.29, 0.717) is 19.1 Å². The number of nitrogens with one attached hydrogen (secondary N) is 1. The minimum atomic E-state index is -0.469. The zero-order chi connectivity index (χ0) is 15.1. The Hall–Kier alpha value is -0.810. The van der Waals surface area contributed by atoms with Crippen LogP contribution >= 0.6 is 0 Å². The average molecular weight is 273 g/mol. The highest BCUT2D eigenvalue weighted by Gasteiger charge is 2.22. The molecule has 3 N–H and O–H groups in total. The molecule has 0 heterocycles. The van der Waals surface area contributed by atoms with E-state index in [1.54, 1.807) is 0 Å². The quantitative estimate of drug-likeness (QED) is 0.744. The average Bonchev–Trinajstić information content (AvgIpc) is 2.31. The number of rotatable bonds is 7. The number of hydrogen-bond donors (Lipinski definition) is 2. The molecule has 114 valence electrons. The molecule has 0 saturated carbocycles. The van der Waals surface area contributed by atoms with Gasteiger partial charge in [-0.25, -0.2) is 4.79 Å². The Labute approximate surface area is 117 Å². The first-order valence-electron chi connectivity index (χ1n) is 7.17. The predicted molar refractivity (Wildman–Crippen MR) is 79.2 cm³/mol. The van der Waals surface area contributed by atoms with Gasteiger partial charge in [0.25, 0.3) is 0 Å². The molecular formula is C14H31N3O2. The van der Waals surface area contributed by atoms with Crippen LogP contribution in [0.15, 0.2) is 0 Å². The fourth-order valence-electron chi connectivity index (χ4n) is 2.02. The summed E-state index contributed by atoms with van der Waals surface area (Å²) in [4.78, 5) is 14.0. The molecule has 0 aromatic heterocycles. The van der Waals surface area contributed by atoms with Crippen LogP contribution in [0.4, 0.5) is 4.79 Å². The second kappa shape index (κ2) is 8.38. The standard InChI is InChI=1S/C14H31N3O2/c1-7-11(3)17(8-2)12(9-15)10-16-13(18)19-14(4,5)6/h11-12H,7-10,15H2,1-6H3,(H,16,18). The van der Waals surface area contributed by atoms with E-state index in [9.17, 15) is 4.79 Å². The summed E-state index contributed by atoms with van der Waals surface area (Å²) in [5, 5.41) is 2.80. The summed E-state index contributed by atoms with van der Waals surface area (Å²) in [7, 11) is 0. The topological polar surface area (TPSA) is 67.6 Å². The number of carbonyl (C=O) groups is 1. The number of amides is 1. The maximum Gasteiger partial charge on any atom is 0.407 e. The van der Waals surface area contributed by atoms with Crippen LogP contribution in [-0.4, -0.2) is 48.3 Å². The molecule has 0 aromatic rings. The van der Waals surface area contributed by atoms with Crippen molar-refractivity contribution < 1.29 is 9.53 Å². The van der Waals surface area contributed by atoms with E-state index in [-0.39, 0.29) is 12.1 Å². The number of likely N-dealkylation sites (N-methyl/N-ethyl adjacent to an activating group) is 1. The SMILES string of the molecule is CCC(C)N(CC)C(CN)CNC(=O)OC(C)(C)C. The van der Waals surface area contributed by atoms with Crippen LogP contribution in [-0.2, 0) is 4.74 Å². The van der Waals surface area contributed by atoms with E-state index < -0.39 is 5.60 Å². The molecule has 19 heavy (non-hydrogen) atoms. The number of carbonyl (C=O) groups excluding carboxylic acids is 1. The van der Waals surface area contributed by atoms with Crippen molar-refractivity contribution in [1.29, 1.82) is 0 Å². The van der Waals surface area contributed by atoms with Crippen molar-refractivity contribution in [2.75, 3.05) is 19.6 Å². The Morgan fingerprint density at radius 1 is 1.37 bits per heavy atom. The second-order valence-corrected chi connectivity index (χ2v) is 5.86. The Morgan fingerprint density at radius 2 is 1.95 bits per heavy atom. The number of nitrogens with zero attached hydrogens (tertiary/aromatic N) is 1. The van der Waals surface area contributed by atoms with Gasteiger partial charge in [0.1, 0.15) is 5.60 Å². The van der Waals surface area contributed by atoms with Gasteiger partial charge >= 0.3 is 6.09 Å². The zero-order valence-corrected chi connectivity index (χ0v) is 13.3. The number of ether oxygens (including phenoxy) is 1. The molecule has 5 heteroatoms. The van der Waals surface area contributed by atoms with E-state index in [1.807, 2.05) is 20.8 Å². The first kappa shape index (κ1) is 18.2. The highest BCUT2D eigenvalue weighted by Crippen LogP contribution is 2.09. The van der Waals surface area contributed by atoms with Crippen molar-refractivity contribution in [1.82, 2.24) is 10.2 Å². The maximum atomic E-state index is 11.6. The van der Waals surface area contributed by atoms with Crippen molar-refractivity contribution in [2.24, 2.45) is 5.73 Å². The van der Waals surface area contributed by atoms with Crippen LogP contribution in [0, 0.1) is 0 Å². The molecule has 0 aliphatic heterocycles. The predicted octanol–water partition coefficient (Wildman–Crippen LogP) is 1.96. The van der Waals surface area contributed by atoms with E-state index in [2.05, 4.69) is 31.0 Å². The van der Waals surface area contributed by atoms with Crippen molar-refractivity contribution in [3.8, 4) is 0 Å². The van der Waals surface area contributed by atoms with Crippen LogP contribution in [0.5, 0.6) is 0 Å². The molecule has 2 atom stereocenters. The van der Waals surface area contributed by atoms with Gasteiger partial charge in [-0.05, 0) is 40.7 Å². The number of hydrogen-bond acceptors (Lipinski definition) is 4. The van der Waals surface area contributed by atoms with Gasteiger partial charge in [-0.2, -0.15) is 0 Å². The molecular weight excluding hydrogens is 242 g/mol. The lowest BCUT2D eigenvalue weighted by Gasteiger charge is -2.34. The highest BCUT2D eigenvalue weighted by atomic mass is 16.6. The Bertz CT molecular complexity index is 264. The van der Waals surface area contributed by atoms with Crippen molar-refractivity contribution in [2.45, 2.75) is 65.6 Å². The van der Waals surface area contributed by atoms with Crippen LogP contribution in [0.1, 0.15) is 48.0 Å². The molecule has 0 aliphatic carbocycles. The monoisotopic (exact) mass is 273 g/mol. The van der Waals surface area contributed by atoms with Gasteiger partial charge in [0.05, 0.1) is 0 Å². The van der Waals surface area contributed by atoms with Gasteiger partial charge < -0.3 is 15.8 Å². The number of nitrogens with two attached hydrogens (primary N) is 1. The van der Waals surface area contributed by atoms with Gasteiger partial charge in [-0.3, -0.25) is 4.90 Å². The minimum absolute atomic E-state index is 0.146. The summed E-state index contributed by atoms with van der Waals surface area (Å²) < 4.78 is 5.22. The second-order valence-electron chi connectivity index (χ2n) is 5.86. The molecule has 0 spiro atoms. The smallest absolute Gasteiger partial charge is 0.407 e. The maximum absolute atomic E-state index is 11.6. The summed E-state index contributed by atoms with van der Waals surface area (Å²) in [6.07, 6.45) is 0.683. The molecule has 0 saturated heterocycles. The summed E-state index contributed by atoms with van der Waals surface area (Å²) in [6, 6.07) is 0.603. The van der Waals surface area contributed by atoms with Crippen molar-refractivity contribution in [3.05, 3.63) is 0 Å². The number of alkyl carbamates (subject to hydrolysis) is 1. The third-order valence-electron chi connectivity index (χ3n) is 3.14. The van der Waals surface area contributed by atoms with Crippen LogP contribution in [0.3, 0.4) is 0 Å². The lowest BCUT2D eigenvalue weighted by molar-refractivity contribution is 0.0499. The summed E-state index contributed by atoms with van der Waals surface area (Å²) in [5.41, 5.74) is 5.35. The largest absolute Gasteiger partial charge is 0.444 e. The summed E-state index contributed by atoms with van der Waals surface area (Å²) >= 11 is 0. The Kier molecular flexibility index (Phi) is 8.02. The Balaban J connectivity index is 4.36. The first-order chi connectivity index (χ1) is 8.75. The van der Waals surface area contributed by atoms with Gasteiger partial charge in [-0.1, -0.05) is 13.8 Å². The lowest BCUT2D eigenvalue weighted by atomic mass is 10.1. The normalized spacial score (nSPS) is 15.2. The van der Waals surface area contributed by atoms with Gasteiger partial charge in [-0.15, -0.1) is 0 Å². The molecule has 5 nitrogen and oxygen atoms in total. The van der Waals surface area contributed by atoms with E-state index in [0.717, 1.165) is 13.0 Å². The van der Waals surface area contributed by atoms with E-state index in [4.69, 9.17) is 10.5 Å². The molecule has 0 bridgehead atoms. The van der Waals surface area contributed by atoms with Crippen LogP contribution in [0.2, 0.25) is 0 Å². The zero-order valence-electron chi connectivity index (χ0n) is 13.3. The molecule has 1 amide bonds. The summed E-state index contributed by atoms with van der Waals surface area (Å²) in [6.45, 7) is 14.0. The van der Waals surface area contributed by atoms with Gasteiger partial charge in [0.15, 0.2) is 0 Å². The fraction of sp³-hybridized carbons (Fsp3) is 0.929. The lowest BCUT2D eigenvalue weighted by Crippen LogP contribution is -2.51. The molecule has 2 unspecified atom stereocenters. The molecule has 0 aromatic carbocycles. The molecule has 0 fully saturated rings. The molecule has 0 rings (SSSR count). The van der Waals surface area contributed by atoms with Crippen LogP contribution < -0.4 is 11.1 Å². The van der Waals surface area contributed by atoms with Gasteiger partial charge in [0.2, 0.25) is 0 Å². The van der Waals surface area contributed by atoms with Crippen LogP contribution in [0.25, 0.3) is 0 Å². The molecule has 0 radical (unpaired) electrons. The fourth-order valence-corrected chi connectivity index (χ4v) is 2.02.